The zero-order valence-electron chi connectivity index (χ0n) is 13.0. The summed E-state index contributed by atoms with van der Waals surface area (Å²) in [6, 6.07) is 0.614. The highest BCUT2D eigenvalue weighted by molar-refractivity contribution is 4.87. The van der Waals surface area contributed by atoms with Crippen molar-refractivity contribution in [2.24, 2.45) is 17.3 Å². The largest absolute Gasteiger partial charge is 0.396 e. The quantitative estimate of drug-likeness (QED) is 0.774. The third kappa shape index (κ3) is 5.80. The Bertz CT molecular complexity index is 270. The molecule has 0 aromatic heterocycles. The summed E-state index contributed by atoms with van der Waals surface area (Å²) in [5.74, 6) is 1.64. The topological polar surface area (TPSA) is 35.5 Å². The molecule has 1 aliphatic heterocycles. The van der Waals surface area contributed by atoms with Crippen molar-refractivity contribution < 1.29 is 5.11 Å². The molecule has 1 aliphatic carbocycles. The molecular formula is C16H32N2O. The second-order valence-corrected chi connectivity index (χ2v) is 7.91. The lowest BCUT2D eigenvalue weighted by Crippen LogP contribution is -2.51. The maximum Gasteiger partial charge on any atom is 0.0434 e. The van der Waals surface area contributed by atoms with Crippen molar-refractivity contribution in [3.05, 3.63) is 0 Å². The summed E-state index contributed by atoms with van der Waals surface area (Å²) in [5.41, 5.74) is 0.352. The molecule has 2 unspecified atom stereocenters. The first-order valence-electron chi connectivity index (χ1n) is 8.03. The number of aliphatic hydroxyl groups is 1. The summed E-state index contributed by atoms with van der Waals surface area (Å²) in [4.78, 5) is 2.64. The molecule has 19 heavy (non-hydrogen) atoms. The van der Waals surface area contributed by atoms with Crippen LogP contribution in [0.4, 0.5) is 0 Å². The van der Waals surface area contributed by atoms with Crippen molar-refractivity contribution in [1.29, 1.82) is 0 Å². The van der Waals surface area contributed by atoms with Crippen LogP contribution in [-0.2, 0) is 0 Å². The molecule has 1 saturated heterocycles. The Labute approximate surface area is 118 Å². The van der Waals surface area contributed by atoms with E-state index in [-0.39, 0.29) is 0 Å². The number of aliphatic hydroxyl groups excluding tert-OH is 1. The molecule has 2 N–H and O–H groups in total. The molecule has 2 atom stereocenters. The minimum Gasteiger partial charge on any atom is -0.396 e. The predicted octanol–water partition coefficient (Wildman–Crippen LogP) is 2.10. The van der Waals surface area contributed by atoms with Gasteiger partial charge in [0.25, 0.3) is 0 Å². The van der Waals surface area contributed by atoms with Crippen LogP contribution in [0.1, 0.15) is 46.5 Å². The summed E-state index contributed by atoms with van der Waals surface area (Å²) in [6.45, 7) is 12.0. The highest BCUT2D eigenvalue weighted by Gasteiger charge is 2.31. The van der Waals surface area contributed by atoms with Gasteiger partial charge >= 0.3 is 0 Å². The molecular weight excluding hydrogens is 236 g/mol. The lowest BCUT2D eigenvalue weighted by molar-refractivity contribution is 0.113. The lowest BCUT2D eigenvalue weighted by atomic mass is 9.90. The molecule has 1 saturated carbocycles. The number of nitrogens with zero attached hydrogens (tertiary/aromatic N) is 1. The molecule has 112 valence electrons. The van der Waals surface area contributed by atoms with E-state index in [1.54, 1.807) is 0 Å². The van der Waals surface area contributed by atoms with Crippen LogP contribution in [0.25, 0.3) is 0 Å². The lowest BCUT2D eigenvalue weighted by Gasteiger charge is -2.39. The van der Waals surface area contributed by atoms with Gasteiger partial charge < -0.3 is 15.3 Å². The van der Waals surface area contributed by atoms with Gasteiger partial charge in [-0.2, -0.15) is 0 Å². The van der Waals surface area contributed by atoms with E-state index in [1.807, 2.05) is 0 Å². The molecule has 2 rings (SSSR count). The Morgan fingerprint density at radius 1 is 1.16 bits per heavy atom. The van der Waals surface area contributed by atoms with E-state index < -0.39 is 0 Å². The van der Waals surface area contributed by atoms with E-state index in [4.69, 9.17) is 0 Å². The molecule has 0 aromatic rings. The Hall–Kier alpha value is -0.120. The third-order valence-electron chi connectivity index (χ3n) is 4.28. The van der Waals surface area contributed by atoms with Crippen molar-refractivity contribution in [3.8, 4) is 0 Å². The summed E-state index contributed by atoms with van der Waals surface area (Å²) in [7, 11) is 0. The molecule has 0 aromatic carbocycles. The van der Waals surface area contributed by atoms with E-state index in [1.165, 1.54) is 38.9 Å². The second-order valence-electron chi connectivity index (χ2n) is 7.91. The summed E-state index contributed by atoms with van der Waals surface area (Å²) in [5, 5.41) is 13.0. The summed E-state index contributed by atoms with van der Waals surface area (Å²) in [6.07, 6.45) is 5.06. The number of hydrogen-bond donors (Lipinski definition) is 2. The Balaban J connectivity index is 1.82. The van der Waals surface area contributed by atoms with Crippen molar-refractivity contribution >= 4 is 0 Å². The van der Waals surface area contributed by atoms with Gasteiger partial charge in [-0.15, -0.1) is 0 Å². The molecule has 0 amide bonds. The van der Waals surface area contributed by atoms with Gasteiger partial charge in [-0.05, 0) is 42.9 Å². The fourth-order valence-corrected chi connectivity index (χ4v) is 3.11. The first-order valence-corrected chi connectivity index (χ1v) is 8.03. The molecule has 0 bridgehead atoms. The van der Waals surface area contributed by atoms with Gasteiger partial charge in [0.05, 0.1) is 0 Å². The summed E-state index contributed by atoms with van der Waals surface area (Å²) < 4.78 is 0. The molecule has 0 radical (unpaired) electrons. The van der Waals surface area contributed by atoms with E-state index in [9.17, 15) is 5.11 Å². The molecule has 0 spiro atoms. The van der Waals surface area contributed by atoms with E-state index >= 15 is 0 Å². The van der Waals surface area contributed by atoms with Gasteiger partial charge in [-0.25, -0.2) is 0 Å². The second kappa shape index (κ2) is 6.55. The predicted molar refractivity (Wildman–Crippen MR) is 80.2 cm³/mol. The van der Waals surface area contributed by atoms with E-state index in [2.05, 4.69) is 31.0 Å². The molecule has 2 aliphatic rings. The van der Waals surface area contributed by atoms with Gasteiger partial charge in [0, 0.05) is 38.8 Å². The van der Waals surface area contributed by atoms with Crippen molar-refractivity contribution in [1.82, 2.24) is 10.2 Å². The van der Waals surface area contributed by atoms with Crippen LogP contribution in [0.15, 0.2) is 0 Å². The highest BCUT2D eigenvalue weighted by Crippen LogP contribution is 2.31. The van der Waals surface area contributed by atoms with Gasteiger partial charge in [-0.3, -0.25) is 0 Å². The van der Waals surface area contributed by atoms with Crippen LogP contribution in [0.3, 0.4) is 0 Å². The zero-order valence-corrected chi connectivity index (χ0v) is 13.0. The van der Waals surface area contributed by atoms with Gasteiger partial charge in [0.1, 0.15) is 0 Å². The average Bonchev–Trinajstić information content (AvgIpc) is 3.10. The minimum absolute atomic E-state index is 0.341. The van der Waals surface area contributed by atoms with Gasteiger partial charge in [0.2, 0.25) is 0 Å². The minimum atomic E-state index is 0.341. The van der Waals surface area contributed by atoms with Crippen molar-refractivity contribution in [3.63, 3.8) is 0 Å². The van der Waals surface area contributed by atoms with Crippen molar-refractivity contribution in [2.45, 2.75) is 52.5 Å². The van der Waals surface area contributed by atoms with Gasteiger partial charge in [0.15, 0.2) is 0 Å². The molecule has 1 heterocycles. The number of piperidine rings is 1. The van der Waals surface area contributed by atoms with Crippen LogP contribution in [0.2, 0.25) is 0 Å². The van der Waals surface area contributed by atoms with Crippen LogP contribution in [0.5, 0.6) is 0 Å². The smallest absolute Gasteiger partial charge is 0.0434 e. The summed E-state index contributed by atoms with van der Waals surface area (Å²) >= 11 is 0. The number of rotatable bonds is 6. The third-order valence-corrected chi connectivity index (χ3v) is 4.28. The average molecular weight is 268 g/mol. The SMILES string of the molecule is CC(C)(C)CNC1CC(CCO)CN(CC2CC2)C1. The molecule has 3 nitrogen and oxygen atoms in total. The Morgan fingerprint density at radius 3 is 2.47 bits per heavy atom. The van der Waals surface area contributed by atoms with Crippen LogP contribution in [0, 0.1) is 17.3 Å². The molecule has 3 heteroatoms. The van der Waals surface area contributed by atoms with Crippen molar-refractivity contribution in [2.75, 3.05) is 32.8 Å². The van der Waals surface area contributed by atoms with E-state index in [0.717, 1.165) is 18.9 Å². The van der Waals surface area contributed by atoms with Crippen LogP contribution < -0.4 is 5.32 Å². The maximum atomic E-state index is 9.21. The monoisotopic (exact) mass is 268 g/mol. The first-order chi connectivity index (χ1) is 8.96. The number of hydrogen-bond acceptors (Lipinski definition) is 3. The number of nitrogens with one attached hydrogen (secondary N) is 1. The van der Waals surface area contributed by atoms with Crippen LogP contribution >= 0.6 is 0 Å². The Morgan fingerprint density at radius 2 is 1.89 bits per heavy atom. The highest BCUT2D eigenvalue weighted by atomic mass is 16.3. The zero-order chi connectivity index (χ0) is 13.9. The normalized spacial score (nSPS) is 29.7. The van der Waals surface area contributed by atoms with E-state index in [0.29, 0.717) is 24.0 Å². The van der Waals surface area contributed by atoms with Crippen LogP contribution in [-0.4, -0.2) is 48.8 Å². The van der Waals surface area contributed by atoms with Gasteiger partial charge in [-0.1, -0.05) is 20.8 Å². The number of likely N-dealkylation sites (tertiary alicyclic amines) is 1. The molecule has 2 fully saturated rings. The first kappa shape index (κ1) is 15.3. The maximum absolute atomic E-state index is 9.21. The Kier molecular flexibility index (Phi) is 5.27. The fourth-order valence-electron chi connectivity index (χ4n) is 3.11. The fraction of sp³-hybridized carbons (Fsp3) is 1.00. The standard InChI is InChI=1S/C16H32N2O/c1-16(2,3)12-17-15-8-14(6-7-19)10-18(11-15)9-13-4-5-13/h13-15,17,19H,4-12H2,1-3H3.